The molecule has 0 unspecified atom stereocenters. The molecule has 4 aromatic rings. The van der Waals surface area contributed by atoms with Gasteiger partial charge in [0.25, 0.3) is 6.33 Å². The summed E-state index contributed by atoms with van der Waals surface area (Å²) in [6.07, 6.45) is 2.26. The van der Waals surface area contributed by atoms with Crippen LogP contribution in [0, 0.1) is 22.7 Å². The van der Waals surface area contributed by atoms with Gasteiger partial charge in [0, 0.05) is 11.8 Å². The molecule has 0 aliphatic rings. The van der Waals surface area contributed by atoms with E-state index in [0.717, 1.165) is 24.5 Å². The molecule has 0 aliphatic heterocycles. The molecule has 0 amide bonds. The third-order valence-corrected chi connectivity index (χ3v) is 4.39. The molecular weight excluding hydrogens is 379 g/mol. The van der Waals surface area contributed by atoms with E-state index in [1.54, 1.807) is 0 Å². The van der Waals surface area contributed by atoms with Gasteiger partial charge in [0.2, 0.25) is 0 Å². The van der Waals surface area contributed by atoms with Crippen LogP contribution >= 0.6 is 11.6 Å². The smallest absolute Gasteiger partial charge is 0.290 e. The summed E-state index contributed by atoms with van der Waals surface area (Å²) in [5.74, 6) is -2.24. The number of nitrogens with zero attached hydrogens (tertiary/aromatic N) is 3. The van der Waals surface area contributed by atoms with E-state index in [1.165, 1.54) is 30.5 Å². The molecular formula is C19H9ClF3N3O. The number of pyridine rings is 1. The first kappa shape index (κ1) is 17.2. The van der Waals surface area contributed by atoms with Crippen LogP contribution in [0.1, 0.15) is 0 Å². The average Bonchev–Trinajstić information content (AvgIpc) is 2.63. The largest absolute Gasteiger partial charge is 0.710 e. The van der Waals surface area contributed by atoms with Crippen molar-refractivity contribution in [1.82, 2.24) is 9.97 Å². The van der Waals surface area contributed by atoms with Crippen molar-refractivity contribution in [2.24, 2.45) is 0 Å². The third-order valence-electron chi connectivity index (χ3n) is 4.08. The van der Waals surface area contributed by atoms with E-state index in [9.17, 15) is 18.4 Å². The maximum atomic E-state index is 14.3. The highest BCUT2D eigenvalue weighted by Crippen LogP contribution is 2.35. The number of aromatic nitrogens is 3. The molecule has 0 fully saturated rings. The highest BCUT2D eigenvalue weighted by Gasteiger charge is 2.23. The molecule has 0 bridgehead atoms. The molecule has 0 saturated heterocycles. The Morgan fingerprint density at radius 1 is 0.926 bits per heavy atom. The Morgan fingerprint density at radius 3 is 2.37 bits per heavy atom. The zero-order valence-corrected chi connectivity index (χ0v) is 14.2. The van der Waals surface area contributed by atoms with Gasteiger partial charge in [0.05, 0.1) is 16.0 Å². The van der Waals surface area contributed by atoms with Crippen LogP contribution in [0.4, 0.5) is 13.2 Å². The van der Waals surface area contributed by atoms with Crippen molar-refractivity contribution in [3.05, 3.63) is 82.7 Å². The molecule has 2 aromatic heterocycles. The van der Waals surface area contributed by atoms with E-state index < -0.39 is 23.0 Å². The lowest BCUT2D eigenvalue weighted by atomic mass is 10.0. The Morgan fingerprint density at radius 2 is 1.67 bits per heavy atom. The Hall–Kier alpha value is -3.19. The lowest BCUT2D eigenvalue weighted by Gasteiger charge is -2.12. The molecule has 0 N–H and O–H groups in total. The molecule has 2 heterocycles. The summed E-state index contributed by atoms with van der Waals surface area (Å²) < 4.78 is 42.3. The average molecular weight is 388 g/mol. The van der Waals surface area contributed by atoms with Gasteiger partial charge in [-0.1, -0.05) is 17.7 Å². The van der Waals surface area contributed by atoms with Gasteiger partial charge in [0.15, 0.2) is 11.2 Å². The van der Waals surface area contributed by atoms with Crippen molar-refractivity contribution >= 4 is 22.5 Å². The monoisotopic (exact) mass is 387 g/mol. The van der Waals surface area contributed by atoms with Crippen LogP contribution < -0.4 is 4.73 Å². The molecule has 2 aromatic carbocycles. The number of hydrogen-bond acceptors (Lipinski definition) is 3. The minimum atomic E-state index is -0.854. The minimum Gasteiger partial charge on any atom is -0.710 e. The SMILES string of the molecule is [O-][n+]1cnc(-c2ccc(F)cc2Cl)c2ccnc(-c3c(F)cccc3F)c21. The first-order chi connectivity index (χ1) is 13.0. The fraction of sp³-hybridized carbons (Fsp3) is 0. The summed E-state index contributed by atoms with van der Waals surface area (Å²) >= 11 is 6.11. The summed E-state index contributed by atoms with van der Waals surface area (Å²) in [4.78, 5) is 8.08. The van der Waals surface area contributed by atoms with Crippen molar-refractivity contribution in [2.75, 3.05) is 0 Å². The fourth-order valence-electron chi connectivity index (χ4n) is 2.91. The fourth-order valence-corrected chi connectivity index (χ4v) is 3.17. The molecule has 0 radical (unpaired) electrons. The molecule has 8 heteroatoms. The summed E-state index contributed by atoms with van der Waals surface area (Å²) in [5, 5.41) is 12.8. The lowest BCUT2D eigenvalue weighted by molar-refractivity contribution is -0.580. The second-order valence-electron chi connectivity index (χ2n) is 5.70. The van der Waals surface area contributed by atoms with Gasteiger partial charge in [-0.15, -0.1) is 0 Å². The quantitative estimate of drug-likeness (QED) is 0.371. The molecule has 0 aliphatic carbocycles. The van der Waals surface area contributed by atoms with E-state index in [4.69, 9.17) is 11.6 Å². The third kappa shape index (κ3) is 2.86. The first-order valence-corrected chi connectivity index (χ1v) is 8.12. The number of hydrogen-bond donors (Lipinski definition) is 0. The van der Waals surface area contributed by atoms with Crippen LogP contribution in [-0.2, 0) is 0 Å². The summed E-state index contributed by atoms with van der Waals surface area (Å²) in [6.45, 7) is 0. The van der Waals surface area contributed by atoms with Gasteiger partial charge in [-0.25, -0.2) is 17.9 Å². The van der Waals surface area contributed by atoms with Crippen LogP contribution in [0.3, 0.4) is 0 Å². The second-order valence-corrected chi connectivity index (χ2v) is 6.10. The van der Waals surface area contributed by atoms with Gasteiger partial charge in [-0.05, 0) is 41.4 Å². The van der Waals surface area contributed by atoms with E-state index in [-0.39, 0.29) is 27.3 Å². The van der Waals surface area contributed by atoms with Crippen LogP contribution in [-0.4, -0.2) is 9.97 Å². The Balaban J connectivity index is 2.08. The van der Waals surface area contributed by atoms with Crippen LogP contribution in [0.25, 0.3) is 33.4 Å². The van der Waals surface area contributed by atoms with E-state index in [2.05, 4.69) is 9.97 Å². The second kappa shape index (κ2) is 6.51. The summed E-state index contributed by atoms with van der Waals surface area (Å²) in [7, 11) is 0. The van der Waals surface area contributed by atoms with E-state index in [0.29, 0.717) is 10.3 Å². The molecule has 0 spiro atoms. The number of halogens is 4. The predicted molar refractivity (Wildman–Crippen MR) is 94.3 cm³/mol. The molecule has 4 rings (SSSR count). The van der Waals surface area contributed by atoms with Gasteiger partial charge >= 0.3 is 0 Å². The highest BCUT2D eigenvalue weighted by molar-refractivity contribution is 6.33. The van der Waals surface area contributed by atoms with Crippen molar-refractivity contribution < 1.29 is 17.9 Å². The van der Waals surface area contributed by atoms with Crippen LogP contribution in [0.2, 0.25) is 5.02 Å². The maximum Gasteiger partial charge on any atom is 0.290 e. The van der Waals surface area contributed by atoms with Gasteiger partial charge in [0.1, 0.15) is 23.1 Å². The van der Waals surface area contributed by atoms with Gasteiger partial charge in [-0.3, -0.25) is 4.98 Å². The summed E-state index contributed by atoms with van der Waals surface area (Å²) in [5.41, 5.74) is -0.0285. The molecule has 4 nitrogen and oxygen atoms in total. The zero-order chi connectivity index (χ0) is 19.1. The standard InChI is InChI=1S/C19H9ClF3N3O/c20-13-8-10(21)4-5-11(13)17-12-6-7-24-18(19(12)26(27)9-25-17)16-14(22)2-1-3-15(16)23/h1-9H. The Bertz CT molecular complexity index is 1180. The van der Waals surface area contributed by atoms with Crippen molar-refractivity contribution in [3.63, 3.8) is 0 Å². The molecule has 0 saturated carbocycles. The molecule has 27 heavy (non-hydrogen) atoms. The Labute approximate surface area is 156 Å². The highest BCUT2D eigenvalue weighted by atomic mass is 35.5. The summed E-state index contributed by atoms with van der Waals surface area (Å²) in [6, 6.07) is 8.58. The molecule has 0 atom stereocenters. The number of benzene rings is 2. The number of fused-ring (bicyclic) bond motifs is 1. The minimum absolute atomic E-state index is 0.0770. The topological polar surface area (TPSA) is 52.7 Å². The van der Waals surface area contributed by atoms with Crippen LogP contribution in [0.5, 0.6) is 0 Å². The van der Waals surface area contributed by atoms with Crippen molar-refractivity contribution in [1.29, 1.82) is 0 Å². The van der Waals surface area contributed by atoms with E-state index in [1.807, 2.05) is 0 Å². The van der Waals surface area contributed by atoms with E-state index >= 15 is 0 Å². The van der Waals surface area contributed by atoms with Crippen LogP contribution in [0.15, 0.2) is 55.0 Å². The lowest BCUT2D eigenvalue weighted by Crippen LogP contribution is -2.28. The van der Waals surface area contributed by atoms with Crippen molar-refractivity contribution in [3.8, 4) is 22.5 Å². The number of rotatable bonds is 2. The Kier molecular flexibility index (Phi) is 4.16. The maximum absolute atomic E-state index is 14.3. The van der Waals surface area contributed by atoms with Crippen molar-refractivity contribution in [2.45, 2.75) is 0 Å². The van der Waals surface area contributed by atoms with Gasteiger partial charge < -0.3 is 5.21 Å². The predicted octanol–water partition coefficient (Wildman–Crippen LogP) is 4.67. The van der Waals surface area contributed by atoms with Gasteiger partial charge in [-0.2, -0.15) is 0 Å². The first-order valence-electron chi connectivity index (χ1n) is 7.74. The molecule has 134 valence electrons. The zero-order valence-electron chi connectivity index (χ0n) is 13.5. The normalized spacial score (nSPS) is 11.1.